The number of nitrogen functional groups attached to an aromatic ring is 1. The van der Waals surface area contributed by atoms with E-state index in [0.717, 1.165) is 7.14 Å². The highest BCUT2D eigenvalue weighted by Crippen LogP contribution is 2.25. The van der Waals surface area contributed by atoms with E-state index in [1.165, 1.54) is 10.9 Å². The Morgan fingerprint density at radius 1 is 1.35 bits per heavy atom. The number of nitrogens with two attached hydrogens (primary N) is 1. The highest BCUT2D eigenvalue weighted by Gasteiger charge is 2.17. The van der Waals surface area contributed by atoms with E-state index in [4.69, 9.17) is 5.73 Å². The molecule has 2 heterocycles. The summed E-state index contributed by atoms with van der Waals surface area (Å²) in [5.41, 5.74) is 8.00. The minimum Gasteiger partial charge on any atom is -0.506 e. The van der Waals surface area contributed by atoms with Gasteiger partial charge in [0.2, 0.25) is 11.6 Å². The normalized spacial score (nSPS) is 12.2. The monoisotopic (exact) mass is 578 g/mol. The molecule has 0 fully saturated rings. The Hall–Kier alpha value is -2.10. The van der Waals surface area contributed by atoms with Crippen LogP contribution in [0, 0.1) is 14.1 Å². The molecule has 3 rings (SSSR count). The van der Waals surface area contributed by atoms with Gasteiger partial charge in [-0.25, -0.2) is 4.63 Å². The maximum atomic E-state index is 10.1. The molecule has 3 aromatic rings. The van der Waals surface area contributed by atoms with Crippen LogP contribution in [0.15, 0.2) is 27.0 Å². The zero-order valence-electron chi connectivity index (χ0n) is 13.6. The van der Waals surface area contributed by atoms with Gasteiger partial charge in [0.15, 0.2) is 0 Å². The Kier molecular flexibility index (Phi) is 5.49. The van der Waals surface area contributed by atoms with Gasteiger partial charge in [-0.15, -0.1) is 5.10 Å². The minimum absolute atomic E-state index is 0.112. The van der Waals surface area contributed by atoms with E-state index in [-0.39, 0.29) is 17.4 Å². The van der Waals surface area contributed by atoms with E-state index in [0.29, 0.717) is 22.7 Å². The smallest absolute Gasteiger partial charge is 0.243 e. The molecule has 0 spiro atoms. The summed E-state index contributed by atoms with van der Waals surface area (Å²) < 4.78 is 7.73. The second kappa shape index (κ2) is 7.65. The van der Waals surface area contributed by atoms with E-state index in [1.807, 2.05) is 12.1 Å². The van der Waals surface area contributed by atoms with E-state index in [2.05, 4.69) is 80.6 Å². The first-order valence-corrected chi connectivity index (χ1v) is 9.31. The standard InChI is InChI=1S/C14H12I2N8O2/c1-6(19-18-5-8-3-9(15)4-10(16)12(8)25)11-7(2)24(23-20-11)14-13(17)21-26-22-14/h3-5,25H,1-2H3,(H2,17,21)/b18-5-,19-6-. The molecule has 0 saturated carbocycles. The molecule has 10 nitrogen and oxygen atoms in total. The summed E-state index contributed by atoms with van der Waals surface area (Å²) in [5.74, 6) is 0.538. The molecule has 0 radical (unpaired) electrons. The van der Waals surface area contributed by atoms with E-state index < -0.39 is 0 Å². The van der Waals surface area contributed by atoms with Crippen molar-refractivity contribution in [2.24, 2.45) is 10.2 Å². The number of anilines is 1. The average molecular weight is 578 g/mol. The predicted octanol–water partition coefficient (Wildman–Crippen LogP) is 2.30. The summed E-state index contributed by atoms with van der Waals surface area (Å²) in [6, 6.07) is 3.68. The maximum Gasteiger partial charge on any atom is 0.243 e. The number of aromatic nitrogens is 5. The van der Waals surface area contributed by atoms with Crippen molar-refractivity contribution in [3.05, 3.63) is 36.2 Å². The van der Waals surface area contributed by atoms with Gasteiger partial charge in [0, 0.05) is 9.13 Å². The average Bonchev–Trinajstić information content (AvgIpc) is 3.17. The molecule has 0 atom stereocenters. The summed E-state index contributed by atoms with van der Waals surface area (Å²) in [7, 11) is 0. The van der Waals surface area contributed by atoms with Crippen LogP contribution in [-0.2, 0) is 0 Å². The third-order valence-electron chi connectivity index (χ3n) is 3.40. The predicted molar refractivity (Wildman–Crippen MR) is 112 cm³/mol. The van der Waals surface area contributed by atoms with Crippen molar-refractivity contribution in [3.63, 3.8) is 0 Å². The van der Waals surface area contributed by atoms with Crippen molar-refractivity contribution in [1.82, 2.24) is 25.3 Å². The lowest BCUT2D eigenvalue weighted by atomic mass is 10.2. The van der Waals surface area contributed by atoms with Crippen molar-refractivity contribution in [2.45, 2.75) is 13.8 Å². The lowest BCUT2D eigenvalue weighted by molar-refractivity contribution is 0.306. The lowest BCUT2D eigenvalue weighted by Gasteiger charge is -2.02. The lowest BCUT2D eigenvalue weighted by Crippen LogP contribution is -2.04. The van der Waals surface area contributed by atoms with Crippen molar-refractivity contribution in [3.8, 4) is 11.6 Å². The van der Waals surface area contributed by atoms with Crippen LogP contribution in [-0.4, -0.2) is 42.3 Å². The highest BCUT2D eigenvalue weighted by molar-refractivity contribution is 14.1. The van der Waals surface area contributed by atoms with E-state index >= 15 is 0 Å². The quantitative estimate of drug-likeness (QED) is 0.275. The van der Waals surface area contributed by atoms with Gasteiger partial charge in [0.25, 0.3) is 0 Å². The van der Waals surface area contributed by atoms with Gasteiger partial charge < -0.3 is 10.8 Å². The van der Waals surface area contributed by atoms with E-state index in [1.54, 1.807) is 13.8 Å². The van der Waals surface area contributed by atoms with Crippen LogP contribution >= 0.6 is 45.2 Å². The summed E-state index contributed by atoms with van der Waals surface area (Å²) in [4.78, 5) is 0. The van der Waals surface area contributed by atoms with Gasteiger partial charge in [0.1, 0.15) is 11.4 Å². The van der Waals surface area contributed by atoms with Crippen LogP contribution in [0.5, 0.6) is 5.75 Å². The summed E-state index contributed by atoms with van der Waals surface area (Å²) in [6.07, 6.45) is 1.49. The van der Waals surface area contributed by atoms with Gasteiger partial charge in [-0.05, 0) is 81.5 Å². The van der Waals surface area contributed by atoms with Crippen LogP contribution in [0.3, 0.4) is 0 Å². The number of benzene rings is 1. The molecule has 1 aromatic carbocycles. The third-order valence-corrected chi connectivity index (χ3v) is 4.84. The molecular formula is C14H12I2N8O2. The first-order valence-electron chi connectivity index (χ1n) is 7.15. The molecule has 0 aliphatic carbocycles. The first kappa shape index (κ1) is 18.7. The first-order chi connectivity index (χ1) is 12.4. The number of phenolic OH excluding ortho intramolecular Hbond substituents is 1. The topological polar surface area (TPSA) is 141 Å². The van der Waals surface area contributed by atoms with Gasteiger partial charge >= 0.3 is 0 Å². The van der Waals surface area contributed by atoms with E-state index in [9.17, 15) is 5.11 Å². The third kappa shape index (κ3) is 3.69. The Balaban J connectivity index is 1.87. The fourth-order valence-electron chi connectivity index (χ4n) is 2.11. The Morgan fingerprint density at radius 3 is 2.81 bits per heavy atom. The van der Waals surface area contributed by atoms with Crippen molar-refractivity contribution >= 4 is 62.9 Å². The Labute approximate surface area is 174 Å². The number of phenols is 1. The summed E-state index contributed by atoms with van der Waals surface area (Å²) in [6.45, 7) is 3.54. The van der Waals surface area contributed by atoms with Crippen LogP contribution < -0.4 is 5.73 Å². The zero-order chi connectivity index (χ0) is 18.8. The fourth-order valence-corrected chi connectivity index (χ4v) is 4.00. The molecule has 0 aliphatic rings. The summed E-state index contributed by atoms with van der Waals surface area (Å²) in [5, 5.41) is 33.5. The van der Waals surface area contributed by atoms with Crippen molar-refractivity contribution in [1.29, 1.82) is 0 Å². The van der Waals surface area contributed by atoms with Crippen LogP contribution in [0.4, 0.5) is 5.82 Å². The molecule has 26 heavy (non-hydrogen) atoms. The molecule has 0 unspecified atom stereocenters. The molecule has 2 aromatic heterocycles. The van der Waals surface area contributed by atoms with Crippen molar-refractivity contribution in [2.75, 3.05) is 5.73 Å². The second-order valence-electron chi connectivity index (χ2n) is 5.16. The van der Waals surface area contributed by atoms with Crippen LogP contribution in [0.1, 0.15) is 23.9 Å². The molecule has 134 valence electrons. The number of rotatable bonds is 4. The van der Waals surface area contributed by atoms with Gasteiger partial charge in [-0.3, -0.25) is 0 Å². The molecule has 0 amide bonds. The number of halogens is 2. The molecule has 0 saturated heterocycles. The van der Waals surface area contributed by atoms with Gasteiger partial charge in [-0.2, -0.15) is 14.9 Å². The molecule has 3 N–H and O–H groups in total. The minimum atomic E-state index is 0.112. The maximum absolute atomic E-state index is 10.1. The molecule has 0 bridgehead atoms. The molecular weight excluding hydrogens is 566 g/mol. The fraction of sp³-hybridized carbons (Fsp3) is 0.143. The van der Waals surface area contributed by atoms with Crippen LogP contribution in [0.25, 0.3) is 5.82 Å². The van der Waals surface area contributed by atoms with Gasteiger partial charge in [-0.1, -0.05) is 5.21 Å². The number of aromatic hydroxyl groups is 1. The highest BCUT2D eigenvalue weighted by atomic mass is 127. The second-order valence-corrected chi connectivity index (χ2v) is 7.57. The largest absolute Gasteiger partial charge is 0.506 e. The molecule has 0 aliphatic heterocycles. The summed E-state index contributed by atoms with van der Waals surface area (Å²) >= 11 is 4.24. The zero-order valence-corrected chi connectivity index (χ0v) is 17.9. The SMILES string of the molecule is C/C(=N/N=C\c1cc(I)cc(I)c1O)c1nnn(-c2nonc2N)c1C. The number of hydrogen-bond acceptors (Lipinski definition) is 9. The Bertz CT molecular complexity index is 1020. The van der Waals surface area contributed by atoms with Crippen LogP contribution in [0.2, 0.25) is 0 Å². The van der Waals surface area contributed by atoms with Crippen molar-refractivity contribution < 1.29 is 9.74 Å². The Morgan fingerprint density at radius 2 is 2.12 bits per heavy atom. The number of hydrogen-bond donors (Lipinski definition) is 2. The number of nitrogens with zero attached hydrogens (tertiary/aromatic N) is 7. The van der Waals surface area contributed by atoms with Gasteiger partial charge in [0.05, 0.1) is 21.2 Å². The molecule has 12 heteroatoms.